The second-order valence-electron chi connectivity index (χ2n) is 4.81. The molecule has 0 unspecified atom stereocenters. The first-order chi connectivity index (χ1) is 10.1. The molecule has 1 aromatic carbocycles. The van der Waals surface area contributed by atoms with Crippen LogP contribution in [0, 0.1) is 10.1 Å². The lowest BCUT2D eigenvalue weighted by Crippen LogP contribution is -2.22. The summed E-state index contributed by atoms with van der Waals surface area (Å²) in [7, 11) is 0. The SMILES string of the molecule is CC1(c2cccc(Cn3cc([N+](=O)[O-])cn3)c2)OC=CO1. The second-order valence-corrected chi connectivity index (χ2v) is 4.81. The van der Waals surface area contributed by atoms with Gasteiger partial charge in [0.05, 0.1) is 11.5 Å². The molecule has 0 radical (unpaired) electrons. The number of hydrogen-bond donors (Lipinski definition) is 0. The van der Waals surface area contributed by atoms with Gasteiger partial charge in [-0.2, -0.15) is 5.10 Å². The number of rotatable bonds is 4. The van der Waals surface area contributed by atoms with Crippen LogP contribution in [-0.2, 0) is 21.8 Å². The summed E-state index contributed by atoms with van der Waals surface area (Å²) >= 11 is 0. The lowest BCUT2D eigenvalue weighted by atomic mass is 10.0. The first-order valence-corrected chi connectivity index (χ1v) is 6.34. The van der Waals surface area contributed by atoms with Crippen molar-refractivity contribution in [2.45, 2.75) is 19.3 Å². The van der Waals surface area contributed by atoms with Crippen molar-refractivity contribution in [1.82, 2.24) is 9.78 Å². The van der Waals surface area contributed by atoms with Gasteiger partial charge in [-0.25, -0.2) is 0 Å². The van der Waals surface area contributed by atoms with Crippen LogP contribution in [0.15, 0.2) is 49.2 Å². The predicted molar refractivity (Wildman–Crippen MR) is 73.1 cm³/mol. The molecule has 0 N–H and O–H groups in total. The lowest BCUT2D eigenvalue weighted by Gasteiger charge is -2.23. The van der Waals surface area contributed by atoms with Gasteiger partial charge in [0.1, 0.15) is 24.9 Å². The van der Waals surface area contributed by atoms with Gasteiger partial charge >= 0.3 is 5.69 Å². The molecule has 0 amide bonds. The largest absolute Gasteiger partial charge is 0.453 e. The molecular weight excluding hydrogens is 274 g/mol. The smallest absolute Gasteiger partial charge is 0.307 e. The molecule has 7 nitrogen and oxygen atoms in total. The molecule has 0 bridgehead atoms. The Labute approximate surface area is 120 Å². The standard InChI is InChI=1S/C14H13N3O4/c1-14(20-5-6-21-14)12-4-2-3-11(7-12)9-16-10-13(8-15-16)17(18)19/h2-8,10H,9H2,1H3. The molecule has 1 aliphatic rings. The van der Waals surface area contributed by atoms with Crippen LogP contribution in [0.1, 0.15) is 18.1 Å². The van der Waals surface area contributed by atoms with Crippen LogP contribution in [0.3, 0.4) is 0 Å². The van der Waals surface area contributed by atoms with E-state index in [1.807, 2.05) is 31.2 Å². The Morgan fingerprint density at radius 2 is 2.14 bits per heavy atom. The molecule has 0 fully saturated rings. The van der Waals surface area contributed by atoms with Crippen molar-refractivity contribution in [2.75, 3.05) is 0 Å². The zero-order valence-corrected chi connectivity index (χ0v) is 11.3. The van der Waals surface area contributed by atoms with Gasteiger partial charge in [-0.15, -0.1) is 0 Å². The molecule has 2 heterocycles. The summed E-state index contributed by atoms with van der Waals surface area (Å²) in [5, 5.41) is 14.6. The summed E-state index contributed by atoms with van der Waals surface area (Å²) in [5.41, 5.74) is 1.79. The highest BCUT2D eigenvalue weighted by molar-refractivity contribution is 5.28. The van der Waals surface area contributed by atoms with Crippen LogP contribution in [0.2, 0.25) is 0 Å². The maximum Gasteiger partial charge on any atom is 0.307 e. The maximum absolute atomic E-state index is 10.6. The third-order valence-corrected chi connectivity index (χ3v) is 3.27. The molecule has 0 atom stereocenters. The number of aromatic nitrogens is 2. The van der Waals surface area contributed by atoms with Crippen molar-refractivity contribution >= 4 is 5.69 Å². The number of hydrogen-bond acceptors (Lipinski definition) is 5. The lowest BCUT2D eigenvalue weighted by molar-refractivity contribution is -0.385. The summed E-state index contributed by atoms with van der Waals surface area (Å²) in [4.78, 5) is 10.2. The Balaban J connectivity index is 1.81. The minimum Gasteiger partial charge on any atom is -0.453 e. The Bertz CT molecular complexity index is 700. The summed E-state index contributed by atoms with van der Waals surface area (Å²) in [6.07, 6.45) is 5.64. The van der Waals surface area contributed by atoms with Crippen LogP contribution in [0.25, 0.3) is 0 Å². The highest BCUT2D eigenvalue weighted by atomic mass is 16.7. The molecule has 0 aliphatic carbocycles. The van der Waals surface area contributed by atoms with Crippen LogP contribution in [-0.4, -0.2) is 14.7 Å². The molecule has 21 heavy (non-hydrogen) atoms. The predicted octanol–water partition coefficient (Wildman–Crippen LogP) is 2.53. The van der Waals surface area contributed by atoms with Crippen molar-refractivity contribution in [3.05, 3.63) is 70.4 Å². The first-order valence-electron chi connectivity index (χ1n) is 6.34. The molecule has 0 saturated carbocycles. The minimum atomic E-state index is -0.827. The average molecular weight is 287 g/mol. The van der Waals surface area contributed by atoms with E-state index in [-0.39, 0.29) is 5.69 Å². The highest BCUT2D eigenvalue weighted by Gasteiger charge is 2.31. The van der Waals surface area contributed by atoms with Gasteiger partial charge in [-0.05, 0) is 11.6 Å². The van der Waals surface area contributed by atoms with E-state index in [1.54, 1.807) is 0 Å². The van der Waals surface area contributed by atoms with Crippen molar-refractivity contribution < 1.29 is 14.4 Å². The van der Waals surface area contributed by atoms with Crippen LogP contribution >= 0.6 is 0 Å². The molecule has 108 valence electrons. The van der Waals surface area contributed by atoms with E-state index in [0.717, 1.165) is 11.1 Å². The van der Waals surface area contributed by atoms with E-state index >= 15 is 0 Å². The van der Waals surface area contributed by atoms with Crippen molar-refractivity contribution in [3.8, 4) is 0 Å². The summed E-state index contributed by atoms with van der Waals surface area (Å²) in [6.45, 7) is 2.26. The van der Waals surface area contributed by atoms with Crippen molar-refractivity contribution in [2.24, 2.45) is 0 Å². The van der Waals surface area contributed by atoms with E-state index in [4.69, 9.17) is 9.47 Å². The van der Waals surface area contributed by atoms with E-state index < -0.39 is 10.7 Å². The van der Waals surface area contributed by atoms with Crippen molar-refractivity contribution in [1.29, 1.82) is 0 Å². The molecule has 0 saturated heterocycles. The molecular formula is C14H13N3O4. The number of nitro groups is 1. The number of ether oxygens (including phenoxy) is 2. The highest BCUT2D eigenvalue weighted by Crippen LogP contribution is 2.31. The summed E-state index contributed by atoms with van der Waals surface area (Å²) in [6, 6.07) is 7.64. The van der Waals surface area contributed by atoms with Gasteiger partial charge in [0.2, 0.25) is 0 Å². The number of nitrogens with zero attached hydrogens (tertiary/aromatic N) is 3. The molecule has 0 spiro atoms. The fourth-order valence-electron chi connectivity index (χ4n) is 2.15. The van der Waals surface area contributed by atoms with Gasteiger partial charge in [0.15, 0.2) is 0 Å². The number of benzene rings is 1. The first kappa shape index (κ1) is 13.2. The molecule has 2 aromatic rings. The van der Waals surface area contributed by atoms with Crippen LogP contribution in [0.4, 0.5) is 5.69 Å². The Kier molecular flexibility index (Phi) is 3.09. The van der Waals surface area contributed by atoms with Gasteiger partial charge in [0.25, 0.3) is 5.79 Å². The second kappa shape index (κ2) is 4.93. The summed E-state index contributed by atoms with van der Waals surface area (Å²) < 4.78 is 12.4. The zero-order chi connectivity index (χ0) is 14.9. The average Bonchev–Trinajstić information content (AvgIpc) is 3.09. The van der Waals surface area contributed by atoms with E-state index in [0.29, 0.717) is 6.54 Å². The monoisotopic (exact) mass is 287 g/mol. The van der Waals surface area contributed by atoms with Gasteiger partial charge in [-0.1, -0.05) is 18.2 Å². The molecule has 1 aromatic heterocycles. The Morgan fingerprint density at radius 3 is 2.81 bits per heavy atom. The fourth-order valence-corrected chi connectivity index (χ4v) is 2.15. The quantitative estimate of drug-likeness (QED) is 0.637. The third-order valence-electron chi connectivity index (χ3n) is 3.27. The van der Waals surface area contributed by atoms with E-state index in [1.165, 1.54) is 29.6 Å². The van der Waals surface area contributed by atoms with Crippen molar-refractivity contribution in [3.63, 3.8) is 0 Å². The van der Waals surface area contributed by atoms with Gasteiger partial charge in [0, 0.05) is 12.5 Å². The molecule has 3 rings (SSSR count). The minimum absolute atomic E-state index is 0.0234. The van der Waals surface area contributed by atoms with E-state index in [2.05, 4.69) is 5.10 Å². The Hall–Kier alpha value is -2.83. The molecule has 1 aliphatic heterocycles. The van der Waals surface area contributed by atoms with Crippen LogP contribution < -0.4 is 0 Å². The topological polar surface area (TPSA) is 79.4 Å². The fraction of sp³-hybridized carbons (Fsp3) is 0.214. The normalized spacial score (nSPS) is 15.5. The maximum atomic E-state index is 10.6. The summed E-state index contributed by atoms with van der Waals surface area (Å²) in [5.74, 6) is -0.827. The Morgan fingerprint density at radius 1 is 1.38 bits per heavy atom. The zero-order valence-electron chi connectivity index (χ0n) is 11.3. The third kappa shape index (κ3) is 2.58. The van der Waals surface area contributed by atoms with E-state index in [9.17, 15) is 10.1 Å². The molecule has 7 heteroatoms. The van der Waals surface area contributed by atoms with Crippen LogP contribution in [0.5, 0.6) is 0 Å². The van der Waals surface area contributed by atoms with Gasteiger partial charge in [-0.3, -0.25) is 14.8 Å². The van der Waals surface area contributed by atoms with Gasteiger partial charge < -0.3 is 9.47 Å².